The highest BCUT2D eigenvalue weighted by Crippen LogP contribution is 2.38. The largest absolute Gasteiger partial charge is 0.507 e. The van der Waals surface area contributed by atoms with E-state index < -0.39 is 11.5 Å². The molecule has 0 aliphatic carbocycles. The Morgan fingerprint density at radius 2 is 1.81 bits per heavy atom. The fourth-order valence-corrected chi connectivity index (χ4v) is 1.64. The van der Waals surface area contributed by atoms with E-state index in [0.717, 1.165) is 6.07 Å². The van der Waals surface area contributed by atoms with Crippen LogP contribution in [0.4, 0.5) is 0 Å². The van der Waals surface area contributed by atoms with Crippen molar-refractivity contribution in [2.24, 2.45) is 5.92 Å². The number of benzene rings is 1. The van der Waals surface area contributed by atoms with Gasteiger partial charge in [0.25, 0.3) is 0 Å². The fourth-order valence-electron chi connectivity index (χ4n) is 1.64. The third kappa shape index (κ3) is 2.27. The van der Waals surface area contributed by atoms with Gasteiger partial charge in [-0.15, -0.1) is 0 Å². The highest BCUT2D eigenvalue weighted by molar-refractivity contribution is 6.00. The lowest BCUT2D eigenvalue weighted by Crippen LogP contribution is -2.01. The van der Waals surface area contributed by atoms with Crippen LogP contribution in [-0.4, -0.2) is 21.1 Å². The number of phenols is 3. The molecule has 0 aromatic heterocycles. The summed E-state index contributed by atoms with van der Waals surface area (Å²) in [5.74, 6) is -1.11. The zero-order valence-electron chi connectivity index (χ0n) is 9.61. The molecule has 0 atom stereocenters. The molecular weight excluding hydrogens is 208 g/mol. The number of hydrogen-bond acceptors (Lipinski definition) is 4. The summed E-state index contributed by atoms with van der Waals surface area (Å²) < 4.78 is 0. The van der Waals surface area contributed by atoms with Gasteiger partial charge in [-0.1, -0.05) is 13.8 Å². The standard InChI is InChI=1S/C12H16O4/c1-6(2)4-8-9(14)5-10(15)11(7(3)13)12(8)16/h5-6,14-16H,4H2,1-3H3. The third-order valence-corrected chi connectivity index (χ3v) is 2.33. The topological polar surface area (TPSA) is 77.8 Å². The van der Waals surface area contributed by atoms with Crippen molar-refractivity contribution in [1.82, 2.24) is 0 Å². The monoisotopic (exact) mass is 224 g/mol. The first-order valence-electron chi connectivity index (χ1n) is 5.12. The number of carbonyl (C=O) groups excluding carboxylic acids is 1. The Kier molecular flexibility index (Phi) is 3.42. The predicted octanol–water partition coefficient (Wildman–Crippen LogP) is 2.20. The Balaban J connectivity index is 3.39. The van der Waals surface area contributed by atoms with Crippen molar-refractivity contribution in [2.75, 3.05) is 0 Å². The normalized spacial score (nSPS) is 10.8. The lowest BCUT2D eigenvalue weighted by molar-refractivity contribution is 0.101. The van der Waals surface area contributed by atoms with Crippen LogP contribution in [0.5, 0.6) is 17.2 Å². The van der Waals surface area contributed by atoms with Gasteiger partial charge in [0.1, 0.15) is 22.8 Å². The van der Waals surface area contributed by atoms with Crippen LogP contribution in [0.3, 0.4) is 0 Å². The minimum atomic E-state index is -0.431. The molecule has 4 heteroatoms. The summed E-state index contributed by atoms with van der Waals surface area (Å²) in [7, 11) is 0. The van der Waals surface area contributed by atoms with E-state index in [1.54, 1.807) is 0 Å². The predicted molar refractivity (Wildman–Crippen MR) is 60.0 cm³/mol. The van der Waals surface area contributed by atoms with Gasteiger partial charge in [0, 0.05) is 11.6 Å². The van der Waals surface area contributed by atoms with E-state index in [9.17, 15) is 20.1 Å². The summed E-state index contributed by atoms with van der Waals surface area (Å²) in [5, 5.41) is 28.9. The number of aromatic hydroxyl groups is 3. The van der Waals surface area contributed by atoms with Crippen LogP contribution in [0.1, 0.15) is 36.7 Å². The van der Waals surface area contributed by atoms with Crippen LogP contribution in [0.2, 0.25) is 0 Å². The fraction of sp³-hybridized carbons (Fsp3) is 0.417. The maximum atomic E-state index is 11.2. The van der Waals surface area contributed by atoms with Crippen molar-refractivity contribution in [3.63, 3.8) is 0 Å². The minimum Gasteiger partial charge on any atom is -0.507 e. The van der Waals surface area contributed by atoms with Crippen molar-refractivity contribution in [1.29, 1.82) is 0 Å². The molecule has 0 saturated carbocycles. The van der Waals surface area contributed by atoms with Gasteiger partial charge in [0.2, 0.25) is 0 Å². The highest BCUT2D eigenvalue weighted by atomic mass is 16.3. The lowest BCUT2D eigenvalue weighted by Gasteiger charge is -2.13. The molecule has 0 aliphatic rings. The second kappa shape index (κ2) is 4.43. The molecule has 1 aromatic rings. The molecule has 0 bridgehead atoms. The molecular formula is C12H16O4. The Morgan fingerprint density at radius 3 is 2.25 bits per heavy atom. The third-order valence-electron chi connectivity index (χ3n) is 2.33. The summed E-state index contributed by atoms with van der Waals surface area (Å²) in [6.45, 7) is 5.11. The van der Waals surface area contributed by atoms with E-state index in [4.69, 9.17) is 0 Å². The van der Waals surface area contributed by atoms with E-state index in [1.165, 1.54) is 6.92 Å². The second-order valence-corrected chi connectivity index (χ2v) is 4.27. The van der Waals surface area contributed by atoms with Crippen LogP contribution in [0.15, 0.2) is 6.07 Å². The molecule has 0 aliphatic heterocycles. The molecule has 1 aromatic carbocycles. The zero-order chi connectivity index (χ0) is 12.5. The number of rotatable bonds is 3. The molecule has 0 heterocycles. The maximum Gasteiger partial charge on any atom is 0.167 e. The molecule has 0 fully saturated rings. The summed E-state index contributed by atoms with van der Waals surface area (Å²) in [6, 6.07) is 1.09. The first-order valence-corrected chi connectivity index (χ1v) is 5.12. The van der Waals surface area contributed by atoms with Gasteiger partial charge in [-0.05, 0) is 19.3 Å². The number of ketones is 1. The molecule has 0 unspecified atom stereocenters. The maximum absolute atomic E-state index is 11.2. The summed E-state index contributed by atoms with van der Waals surface area (Å²) >= 11 is 0. The van der Waals surface area contributed by atoms with Gasteiger partial charge in [0.15, 0.2) is 5.78 Å². The number of hydrogen-bond donors (Lipinski definition) is 3. The summed E-state index contributed by atoms with van der Waals surface area (Å²) in [4.78, 5) is 11.2. The number of carbonyl (C=O) groups is 1. The van der Waals surface area contributed by atoms with Gasteiger partial charge >= 0.3 is 0 Å². The molecule has 1 rings (SSSR count). The van der Waals surface area contributed by atoms with Crippen molar-refractivity contribution in [3.8, 4) is 17.2 Å². The summed E-state index contributed by atoms with van der Waals surface area (Å²) in [6.07, 6.45) is 0.443. The molecule has 0 saturated heterocycles. The van der Waals surface area contributed by atoms with E-state index in [0.29, 0.717) is 12.0 Å². The Morgan fingerprint density at radius 1 is 1.25 bits per heavy atom. The Labute approximate surface area is 94.2 Å². The van der Waals surface area contributed by atoms with Crippen LogP contribution >= 0.6 is 0 Å². The van der Waals surface area contributed by atoms with Gasteiger partial charge in [0.05, 0.1) is 0 Å². The smallest absolute Gasteiger partial charge is 0.167 e. The van der Waals surface area contributed by atoms with Gasteiger partial charge in [-0.2, -0.15) is 0 Å². The molecule has 4 nitrogen and oxygen atoms in total. The zero-order valence-corrected chi connectivity index (χ0v) is 9.61. The van der Waals surface area contributed by atoms with Gasteiger partial charge < -0.3 is 15.3 Å². The average molecular weight is 224 g/mol. The molecule has 3 N–H and O–H groups in total. The summed E-state index contributed by atoms with van der Waals surface area (Å²) in [5.41, 5.74) is 0.173. The first kappa shape index (κ1) is 12.4. The number of phenolic OH excluding ortho intramolecular Hbond substituents is 3. The quantitative estimate of drug-likeness (QED) is 0.688. The van der Waals surface area contributed by atoms with Crippen LogP contribution in [0, 0.1) is 5.92 Å². The molecule has 0 radical (unpaired) electrons. The van der Waals surface area contributed by atoms with Crippen LogP contribution in [0.25, 0.3) is 0 Å². The number of Topliss-reactive ketones (excluding diaryl/α,β-unsaturated/α-hetero) is 1. The van der Waals surface area contributed by atoms with Gasteiger partial charge in [-0.3, -0.25) is 4.79 Å². The molecule has 88 valence electrons. The van der Waals surface area contributed by atoms with Crippen LogP contribution in [-0.2, 0) is 6.42 Å². The van der Waals surface area contributed by atoms with E-state index >= 15 is 0 Å². The molecule has 0 spiro atoms. The Bertz CT molecular complexity index is 422. The van der Waals surface area contributed by atoms with Crippen molar-refractivity contribution >= 4 is 5.78 Å². The molecule has 16 heavy (non-hydrogen) atoms. The van der Waals surface area contributed by atoms with Gasteiger partial charge in [-0.25, -0.2) is 0 Å². The average Bonchev–Trinajstić information content (AvgIpc) is 2.10. The SMILES string of the molecule is CC(=O)c1c(O)cc(O)c(CC(C)C)c1O. The molecule has 0 amide bonds. The highest BCUT2D eigenvalue weighted by Gasteiger charge is 2.20. The van der Waals surface area contributed by atoms with Crippen molar-refractivity contribution in [3.05, 3.63) is 17.2 Å². The van der Waals surface area contributed by atoms with E-state index in [-0.39, 0.29) is 23.0 Å². The first-order chi connectivity index (χ1) is 7.34. The minimum absolute atomic E-state index is 0.131. The second-order valence-electron chi connectivity index (χ2n) is 4.27. The van der Waals surface area contributed by atoms with Crippen molar-refractivity contribution in [2.45, 2.75) is 27.2 Å². The van der Waals surface area contributed by atoms with E-state index in [1.807, 2.05) is 13.8 Å². The Hall–Kier alpha value is -1.71. The van der Waals surface area contributed by atoms with Crippen molar-refractivity contribution < 1.29 is 20.1 Å². The lowest BCUT2D eigenvalue weighted by atomic mass is 9.96. The van der Waals surface area contributed by atoms with E-state index in [2.05, 4.69) is 0 Å². The van der Waals surface area contributed by atoms with Crippen LogP contribution < -0.4 is 0 Å².